The number of imide groups is 1. The molecule has 0 saturated carbocycles. The van der Waals surface area contributed by atoms with E-state index in [4.69, 9.17) is 39.5 Å². The minimum Gasteiger partial charge on any atom is -0.423 e. The van der Waals surface area contributed by atoms with Gasteiger partial charge in [0.15, 0.2) is 5.78 Å². The van der Waals surface area contributed by atoms with E-state index < -0.39 is 47.9 Å². The number of carbonyl (C=O) groups excluding carboxylic acids is 5. The predicted octanol–water partition coefficient (Wildman–Crippen LogP) is 6.30. The van der Waals surface area contributed by atoms with Gasteiger partial charge in [-0.2, -0.15) is 5.01 Å². The monoisotopic (exact) mass is 624 g/mol. The summed E-state index contributed by atoms with van der Waals surface area (Å²) in [7, 11) is 0. The van der Waals surface area contributed by atoms with Crippen molar-refractivity contribution in [1.82, 2.24) is 10.0 Å². The van der Waals surface area contributed by atoms with Crippen LogP contribution in [0, 0.1) is 17.8 Å². The van der Waals surface area contributed by atoms with E-state index in [1.165, 1.54) is 54.6 Å². The highest BCUT2D eigenvalue weighted by atomic mass is 35.5. The molecular weight excluding hydrogens is 603 g/mol. The van der Waals surface area contributed by atoms with Crippen molar-refractivity contribution in [2.24, 2.45) is 17.8 Å². The van der Waals surface area contributed by atoms with Crippen LogP contribution in [-0.2, 0) is 9.59 Å². The molecule has 3 atom stereocenters. The molecule has 5 rings (SSSR count). The molecular formula is C31H23Cl3N2O6. The van der Waals surface area contributed by atoms with Crippen LogP contribution in [0.5, 0.6) is 5.75 Å². The van der Waals surface area contributed by atoms with Crippen molar-refractivity contribution in [3.63, 3.8) is 0 Å². The fraction of sp³-hybridized carbons (Fsp3) is 0.194. The Morgan fingerprint density at radius 1 is 0.905 bits per heavy atom. The molecule has 0 unspecified atom stereocenters. The number of amides is 3. The van der Waals surface area contributed by atoms with Gasteiger partial charge in [0.1, 0.15) is 12.3 Å². The minimum absolute atomic E-state index is 0.0386. The zero-order valence-corrected chi connectivity index (χ0v) is 24.4. The van der Waals surface area contributed by atoms with E-state index in [1.54, 1.807) is 12.1 Å². The van der Waals surface area contributed by atoms with Crippen LogP contribution in [0.1, 0.15) is 44.4 Å². The predicted molar refractivity (Wildman–Crippen MR) is 156 cm³/mol. The number of hydrogen-bond acceptors (Lipinski definition) is 6. The lowest BCUT2D eigenvalue weighted by atomic mass is 9.78. The number of hydrogen-bond donors (Lipinski definition) is 0. The number of rotatable bonds is 7. The van der Waals surface area contributed by atoms with Gasteiger partial charge in [0.05, 0.1) is 33.0 Å². The van der Waals surface area contributed by atoms with Gasteiger partial charge in [-0.05, 0) is 66.9 Å². The minimum atomic E-state index is -0.764. The second-order valence-electron chi connectivity index (χ2n) is 9.95. The van der Waals surface area contributed by atoms with E-state index in [9.17, 15) is 24.0 Å². The summed E-state index contributed by atoms with van der Waals surface area (Å²) < 4.78 is 5.36. The molecule has 3 aromatic carbocycles. The second-order valence-corrected chi connectivity index (χ2v) is 11.2. The van der Waals surface area contributed by atoms with Gasteiger partial charge in [-0.1, -0.05) is 66.0 Å². The van der Waals surface area contributed by atoms with Crippen molar-refractivity contribution in [3.05, 3.63) is 111 Å². The summed E-state index contributed by atoms with van der Waals surface area (Å²) >= 11 is 18.2. The summed E-state index contributed by atoms with van der Waals surface area (Å²) in [6.45, 7) is 1.23. The molecule has 1 aliphatic carbocycles. The van der Waals surface area contributed by atoms with Crippen molar-refractivity contribution in [1.29, 1.82) is 0 Å². The van der Waals surface area contributed by atoms with E-state index in [-0.39, 0.29) is 38.4 Å². The SMILES string of the molecule is C[C@@H]1C=CC[C@@H]2C(=O)N(N(CC(=O)c3ccc(OC(=O)c4ccc(Cl)cc4Cl)cc3)C(=O)c3ccccc3Cl)C(=O)[C@@H]12. The first-order valence-corrected chi connectivity index (χ1v) is 14.1. The molecule has 3 amide bonds. The number of esters is 1. The average molecular weight is 626 g/mol. The zero-order valence-electron chi connectivity index (χ0n) is 22.1. The Bertz CT molecular complexity index is 1640. The zero-order chi connectivity index (χ0) is 30.1. The number of allylic oxidation sites excluding steroid dienone is 2. The van der Waals surface area contributed by atoms with Crippen LogP contribution in [0.3, 0.4) is 0 Å². The first kappa shape index (κ1) is 29.5. The number of halogens is 3. The fourth-order valence-electron chi connectivity index (χ4n) is 5.13. The molecule has 214 valence electrons. The van der Waals surface area contributed by atoms with Crippen LogP contribution < -0.4 is 4.74 Å². The molecule has 1 aliphatic heterocycles. The Morgan fingerprint density at radius 3 is 2.29 bits per heavy atom. The van der Waals surface area contributed by atoms with E-state index in [1.807, 2.05) is 19.1 Å². The van der Waals surface area contributed by atoms with Gasteiger partial charge in [0, 0.05) is 10.6 Å². The molecule has 8 nitrogen and oxygen atoms in total. The molecule has 0 aromatic heterocycles. The van der Waals surface area contributed by atoms with Gasteiger partial charge in [-0.25, -0.2) is 9.80 Å². The summed E-state index contributed by atoms with van der Waals surface area (Å²) in [5.74, 6) is -4.46. The molecule has 0 bridgehead atoms. The molecule has 1 saturated heterocycles. The smallest absolute Gasteiger partial charge is 0.345 e. The lowest BCUT2D eigenvalue weighted by Gasteiger charge is -2.30. The lowest BCUT2D eigenvalue weighted by Crippen LogP contribution is -2.52. The van der Waals surface area contributed by atoms with Crippen molar-refractivity contribution >= 4 is 64.3 Å². The number of carbonyl (C=O) groups is 5. The summed E-state index contributed by atoms with van der Waals surface area (Å²) in [6.07, 6.45) is 4.08. The van der Waals surface area contributed by atoms with Crippen molar-refractivity contribution in [3.8, 4) is 5.75 Å². The van der Waals surface area contributed by atoms with Crippen molar-refractivity contribution in [2.75, 3.05) is 6.54 Å². The normalized spacial score (nSPS) is 19.4. The van der Waals surface area contributed by atoms with E-state index in [0.29, 0.717) is 11.4 Å². The molecule has 0 radical (unpaired) electrons. The van der Waals surface area contributed by atoms with E-state index >= 15 is 0 Å². The third-order valence-electron chi connectivity index (χ3n) is 7.26. The molecule has 3 aromatic rings. The van der Waals surface area contributed by atoms with Gasteiger partial charge in [0.25, 0.3) is 17.7 Å². The molecule has 0 spiro atoms. The molecule has 11 heteroatoms. The topological polar surface area (TPSA) is 101 Å². The first-order chi connectivity index (χ1) is 20.1. The third kappa shape index (κ3) is 5.70. The number of fused-ring (bicyclic) bond motifs is 1. The molecule has 1 heterocycles. The Balaban J connectivity index is 1.39. The van der Waals surface area contributed by atoms with Crippen LogP contribution in [0.25, 0.3) is 0 Å². The Kier molecular flexibility index (Phi) is 8.50. The van der Waals surface area contributed by atoms with Crippen LogP contribution in [0.2, 0.25) is 15.1 Å². The number of nitrogens with zero attached hydrogens (tertiary/aromatic N) is 2. The standard InChI is InChI=1S/C31H23Cl3N2O6/c1-17-5-4-7-23-27(17)30(40)36(29(23)39)35(28(38)21-6-2-3-8-24(21)33)16-26(37)18-9-12-20(13-10-18)42-31(41)22-14-11-19(32)15-25(22)34/h2-6,8-15,17,23,27H,7,16H2,1H3/t17-,23+,27+/m1/s1. The summed E-state index contributed by atoms with van der Waals surface area (Å²) in [5, 5.41) is 2.27. The molecule has 42 heavy (non-hydrogen) atoms. The molecule has 2 aliphatic rings. The molecule has 1 fully saturated rings. The van der Waals surface area contributed by atoms with E-state index in [0.717, 1.165) is 10.0 Å². The molecule has 0 N–H and O–H groups in total. The summed E-state index contributed by atoms with van der Waals surface area (Å²) in [5.41, 5.74) is 0.305. The number of hydrazine groups is 1. The second kappa shape index (κ2) is 12.1. The number of Topliss-reactive ketones (excluding diaryl/α,β-unsaturated/α-hetero) is 1. The van der Waals surface area contributed by atoms with Gasteiger partial charge in [-0.15, -0.1) is 0 Å². The maximum Gasteiger partial charge on any atom is 0.345 e. The number of ether oxygens (including phenoxy) is 1. The Hall–Kier alpha value is -3.98. The highest BCUT2D eigenvalue weighted by Crippen LogP contribution is 2.39. The quantitative estimate of drug-likeness (QED) is 0.100. The fourth-order valence-corrected chi connectivity index (χ4v) is 5.83. The maximum absolute atomic E-state index is 13.7. The lowest BCUT2D eigenvalue weighted by molar-refractivity contribution is -0.154. The number of benzene rings is 3. The van der Waals surface area contributed by atoms with Crippen LogP contribution in [-0.4, -0.2) is 46.0 Å². The average Bonchev–Trinajstić information content (AvgIpc) is 3.22. The highest BCUT2D eigenvalue weighted by molar-refractivity contribution is 6.36. The highest BCUT2D eigenvalue weighted by Gasteiger charge is 2.53. The summed E-state index contributed by atoms with van der Waals surface area (Å²) in [6, 6.07) is 16.2. The Morgan fingerprint density at radius 2 is 1.62 bits per heavy atom. The van der Waals surface area contributed by atoms with Crippen LogP contribution in [0.15, 0.2) is 78.9 Å². The largest absolute Gasteiger partial charge is 0.423 e. The van der Waals surface area contributed by atoms with E-state index in [2.05, 4.69) is 0 Å². The van der Waals surface area contributed by atoms with Crippen LogP contribution >= 0.6 is 34.8 Å². The van der Waals surface area contributed by atoms with Crippen molar-refractivity contribution < 1.29 is 28.7 Å². The van der Waals surface area contributed by atoms with Gasteiger partial charge >= 0.3 is 5.97 Å². The van der Waals surface area contributed by atoms with Gasteiger partial charge < -0.3 is 4.74 Å². The summed E-state index contributed by atoms with van der Waals surface area (Å²) in [4.78, 5) is 66.6. The van der Waals surface area contributed by atoms with Crippen LogP contribution in [0.4, 0.5) is 0 Å². The van der Waals surface area contributed by atoms with Gasteiger partial charge in [0.2, 0.25) is 0 Å². The number of ketones is 1. The van der Waals surface area contributed by atoms with Crippen molar-refractivity contribution in [2.45, 2.75) is 13.3 Å². The Labute approximate surface area is 256 Å². The maximum atomic E-state index is 13.7. The third-order valence-corrected chi connectivity index (χ3v) is 8.14. The first-order valence-electron chi connectivity index (χ1n) is 13.0. The van der Waals surface area contributed by atoms with Gasteiger partial charge in [-0.3, -0.25) is 19.2 Å².